The van der Waals surface area contributed by atoms with Gasteiger partial charge in [-0.2, -0.15) is 5.10 Å². The van der Waals surface area contributed by atoms with Crippen LogP contribution in [0.2, 0.25) is 0 Å². The molecule has 0 aromatic heterocycles. The predicted molar refractivity (Wildman–Crippen MR) is 120 cm³/mol. The monoisotopic (exact) mass is 482 g/mol. The number of ether oxygens (including phenoxy) is 3. The van der Waals surface area contributed by atoms with Crippen LogP contribution >= 0.6 is 15.9 Å². The van der Waals surface area contributed by atoms with Crippen molar-refractivity contribution in [2.45, 2.75) is 0 Å². The van der Waals surface area contributed by atoms with Gasteiger partial charge in [0.25, 0.3) is 5.91 Å². The Bertz CT molecular complexity index is 1080. The fourth-order valence-electron chi connectivity index (χ4n) is 2.50. The maximum Gasteiger partial charge on any atom is 0.344 e. The Hall–Kier alpha value is -3.65. The van der Waals surface area contributed by atoms with Crippen molar-refractivity contribution in [1.29, 1.82) is 0 Å². The lowest BCUT2D eigenvalue weighted by molar-refractivity contribution is -0.123. The molecule has 0 unspecified atom stereocenters. The highest BCUT2D eigenvalue weighted by Crippen LogP contribution is 2.25. The summed E-state index contributed by atoms with van der Waals surface area (Å²) in [6, 6.07) is 20.8. The quantitative estimate of drug-likeness (QED) is 0.225. The number of amides is 1. The molecular weight excluding hydrogens is 464 g/mol. The molecule has 0 aliphatic heterocycles. The second-order valence-electron chi connectivity index (χ2n) is 6.17. The number of hydrogen-bond donors (Lipinski definition) is 1. The van der Waals surface area contributed by atoms with Crippen LogP contribution in [0.5, 0.6) is 17.2 Å². The van der Waals surface area contributed by atoms with Crippen LogP contribution in [0.1, 0.15) is 15.9 Å². The average molecular weight is 483 g/mol. The second-order valence-corrected chi connectivity index (χ2v) is 7.03. The Morgan fingerprint density at radius 2 is 1.65 bits per heavy atom. The summed E-state index contributed by atoms with van der Waals surface area (Å²) < 4.78 is 16.6. The molecule has 0 bridgehead atoms. The highest BCUT2D eigenvalue weighted by molar-refractivity contribution is 9.10. The molecule has 0 radical (unpaired) electrons. The van der Waals surface area contributed by atoms with E-state index in [0.717, 1.165) is 0 Å². The smallest absolute Gasteiger partial charge is 0.344 e. The molecule has 0 saturated heterocycles. The molecule has 0 spiro atoms. The van der Waals surface area contributed by atoms with Crippen molar-refractivity contribution in [2.75, 3.05) is 13.7 Å². The molecule has 0 aliphatic rings. The van der Waals surface area contributed by atoms with E-state index < -0.39 is 11.9 Å². The first kappa shape index (κ1) is 22.0. The van der Waals surface area contributed by atoms with Gasteiger partial charge in [-0.25, -0.2) is 10.2 Å². The van der Waals surface area contributed by atoms with Gasteiger partial charge in [-0.1, -0.05) is 24.3 Å². The Morgan fingerprint density at radius 3 is 2.35 bits per heavy atom. The van der Waals surface area contributed by atoms with Crippen LogP contribution in [0, 0.1) is 0 Å². The zero-order valence-electron chi connectivity index (χ0n) is 16.6. The number of halogens is 1. The van der Waals surface area contributed by atoms with Crippen molar-refractivity contribution in [3.63, 3.8) is 0 Å². The molecule has 0 fully saturated rings. The van der Waals surface area contributed by atoms with E-state index in [1.165, 1.54) is 13.3 Å². The summed E-state index contributed by atoms with van der Waals surface area (Å²) in [5, 5.41) is 3.90. The van der Waals surface area contributed by atoms with Crippen LogP contribution in [0.25, 0.3) is 0 Å². The summed E-state index contributed by atoms with van der Waals surface area (Å²) in [7, 11) is 1.53. The minimum absolute atomic E-state index is 0.207. The van der Waals surface area contributed by atoms with Crippen molar-refractivity contribution >= 4 is 34.0 Å². The molecule has 158 valence electrons. The van der Waals surface area contributed by atoms with Gasteiger partial charge >= 0.3 is 5.97 Å². The Labute approximate surface area is 187 Å². The average Bonchev–Trinajstić information content (AvgIpc) is 2.79. The number of esters is 1. The lowest BCUT2D eigenvalue weighted by atomic mass is 10.2. The highest BCUT2D eigenvalue weighted by atomic mass is 79.9. The van der Waals surface area contributed by atoms with Crippen molar-refractivity contribution < 1.29 is 23.8 Å². The van der Waals surface area contributed by atoms with Gasteiger partial charge in [0.2, 0.25) is 0 Å². The van der Waals surface area contributed by atoms with E-state index in [2.05, 4.69) is 26.5 Å². The fourth-order valence-corrected chi connectivity index (χ4v) is 2.95. The fraction of sp³-hybridized carbons (Fsp3) is 0.0870. The van der Waals surface area contributed by atoms with E-state index in [0.29, 0.717) is 32.8 Å². The minimum Gasteiger partial charge on any atom is -0.493 e. The third kappa shape index (κ3) is 6.42. The van der Waals surface area contributed by atoms with Crippen LogP contribution < -0.4 is 19.6 Å². The molecule has 0 aliphatic carbocycles. The molecule has 1 amide bonds. The molecule has 0 atom stereocenters. The van der Waals surface area contributed by atoms with E-state index in [9.17, 15) is 9.59 Å². The van der Waals surface area contributed by atoms with Gasteiger partial charge in [-0.3, -0.25) is 4.79 Å². The largest absolute Gasteiger partial charge is 0.493 e. The molecule has 7 nitrogen and oxygen atoms in total. The number of hydrazone groups is 1. The first-order valence-corrected chi connectivity index (χ1v) is 10.0. The molecular formula is C23H19BrN2O5. The maximum absolute atomic E-state index is 12.2. The molecule has 8 heteroatoms. The number of nitrogens with one attached hydrogen (secondary N) is 1. The zero-order valence-corrected chi connectivity index (χ0v) is 18.2. The first-order chi connectivity index (χ1) is 15.1. The molecule has 0 heterocycles. The number of nitrogens with zero attached hydrogens (tertiary/aromatic N) is 1. The summed E-state index contributed by atoms with van der Waals surface area (Å²) in [5.74, 6) is 0.528. The third-order valence-corrected chi connectivity index (χ3v) is 4.71. The van der Waals surface area contributed by atoms with Crippen LogP contribution in [0.3, 0.4) is 0 Å². The standard InChI is InChI=1S/C23H19BrN2O5/c1-29-20-8-4-5-9-21(20)30-15-22(27)26-25-14-16-10-12-17(13-11-16)31-23(28)18-6-2-3-7-19(18)24/h2-14H,15H2,1H3,(H,26,27)/b25-14+. The molecule has 1 N–H and O–H groups in total. The van der Waals surface area contributed by atoms with Gasteiger partial charge in [0.05, 0.1) is 18.9 Å². The van der Waals surface area contributed by atoms with E-state index in [1.54, 1.807) is 60.7 Å². The van der Waals surface area contributed by atoms with E-state index in [4.69, 9.17) is 14.2 Å². The predicted octanol–water partition coefficient (Wildman–Crippen LogP) is 4.21. The summed E-state index contributed by atoms with van der Waals surface area (Å²) in [5.41, 5.74) is 3.54. The van der Waals surface area contributed by atoms with Gasteiger partial charge in [0.15, 0.2) is 18.1 Å². The van der Waals surface area contributed by atoms with Crippen molar-refractivity contribution in [1.82, 2.24) is 5.43 Å². The normalized spacial score (nSPS) is 10.5. The van der Waals surface area contributed by atoms with E-state index in [-0.39, 0.29) is 6.61 Å². The Morgan fingerprint density at radius 1 is 0.968 bits per heavy atom. The highest BCUT2D eigenvalue weighted by Gasteiger charge is 2.11. The van der Waals surface area contributed by atoms with Gasteiger partial charge in [0, 0.05) is 4.47 Å². The Kier molecular flexibility index (Phi) is 7.78. The number of benzene rings is 3. The summed E-state index contributed by atoms with van der Waals surface area (Å²) >= 11 is 3.33. The van der Waals surface area contributed by atoms with Gasteiger partial charge in [-0.05, 0) is 70.0 Å². The van der Waals surface area contributed by atoms with Crippen LogP contribution in [0.4, 0.5) is 0 Å². The number of rotatable bonds is 8. The van der Waals surface area contributed by atoms with Gasteiger partial charge < -0.3 is 14.2 Å². The topological polar surface area (TPSA) is 86.2 Å². The minimum atomic E-state index is -0.462. The van der Waals surface area contributed by atoms with Crippen LogP contribution in [-0.4, -0.2) is 31.8 Å². The van der Waals surface area contributed by atoms with Crippen molar-refractivity contribution in [3.05, 3.63) is 88.4 Å². The van der Waals surface area contributed by atoms with Crippen molar-refractivity contribution in [3.8, 4) is 17.2 Å². The molecule has 3 aromatic carbocycles. The number of hydrogen-bond acceptors (Lipinski definition) is 6. The lowest BCUT2D eigenvalue weighted by Gasteiger charge is -2.09. The first-order valence-electron chi connectivity index (χ1n) is 9.21. The van der Waals surface area contributed by atoms with Crippen LogP contribution in [-0.2, 0) is 4.79 Å². The van der Waals surface area contributed by atoms with Crippen LogP contribution in [0.15, 0.2) is 82.4 Å². The number of para-hydroxylation sites is 2. The molecule has 31 heavy (non-hydrogen) atoms. The van der Waals surface area contributed by atoms with E-state index >= 15 is 0 Å². The lowest BCUT2D eigenvalue weighted by Crippen LogP contribution is -2.24. The summed E-state index contributed by atoms with van der Waals surface area (Å²) in [6.45, 7) is -0.207. The third-order valence-electron chi connectivity index (χ3n) is 4.02. The zero-order chi connectivity index (χ0) is 22.1. The maximum atomic E-state index is 12.2. The SMILES string of the molecule is COc1ccccc1OCC(=O)N/N=C/c1ccc(OC(=O)c2ccccc2Br)cc1. The molecule has 0 saturated carbocycles. The second kappa shape index (κ2) is 10.9. The summed E-state index contributed by atoms with van der Waals surface area (Å²) in [6.07, 6.45) is 1.47. The number of carbonyl (C=O) groups is 2. The number of methoxy groups -OCH3 is 1. The number of carbonyl (C=O) groups excluding carboxylic acids is 2. The van der Waals surface area contributed by atoms with Crippen molar-refractivity contribution in [2.24, 2.45) is 5.10 Å². The molecule has 3 rings (SSSR count). The van der Waals surface area contributed by atoms with Gasteiger partial charge in [0.1, 0.15) is 5.75 Å². The summed E-state index contributed by atoms with van der Waals surface area (Å²) in [4.78, 5) is 24.1. The van der Waals surface area contributed by atoms with Gasteiger partial charge in [-0.15, -0.1) is 0 Å². The Balaban J connectivity index is 1.48. The van der Waals surface area contributed by atoms with E-state index in [1.807, 2.05) is 12.1 Å². The molecule has 3 aromatic rings.